The highest BCUT2D eigenvalue weighted by Crippen LogP contribution is 2.38. The Morgan fingerprint density at radius 3 is 2.86 bits per heavy atom. The maximum Gasteiger partial charge on any atom is 0.269 e. The van der Waals surface area contributed by atoms with E-state index in [0.717, 1.165) is 25.2 Å². The first-order valence-corrected chi connectivity index (χ1v) is 7.81. The van der Waals surface area contributed by atoms with E-state index in [2.05, 4.69) is 15.2 Å². The Hall–Kier alpha value is -2.11. The number of nitrogens with one attached hydrogen (secondary N) is 1. The van der Waals surface area contributed by atoms with Gasteiger partial charge >= 0.3 is 0 Å². The normalized spacial score (nSPS) is 19.4. The molecule has 3 rings (SSSR count). The zero-order valence-corrected chi connectivity index (χ0v) is 13.3. The molecule has 1 fully saturated rings. The minimum atomic E-state index is -0.187. The zero-order valence-electron chi connectivity index (χ0n) is 13.3. The summed E-state index contributed by atoms with van der Waals surface area (Å²) in [5.41, 5.74) is 1.32. The van der Waals surface area contributed by atoms with Gasteiger partial charge in [0.15, 0.2) is 5.82 Å². The first-order chi connectivity index (χ1) is 10.5. The van der Waals surface area contributed by atoms with Crippen molar-refractivity contribution in [2.45, 2.75) is 33.2 Å². The van der Waals surface area contributed by atoms with Crippen molar-refractivity contribution in [3.8, 4) is 0 Å². The molecule has 0 spiro atoms. The van der Waals surface area contributed by atoms with Gasteiger partial charge in [-0.15, -0.1) is 0 Å². The van der Waals surface area contributed by atoms with Gasteiger partial charge in [-0.25, -0.2) is 4.98 Å². The number of rotatable bonds is 3. The molecule has 22 heavy (non-hydrogen) atoms. The van der Waals surface area contributed by atoms with E-state index in [-0.39, 0.29) is 17.9 Å². The van der Waals surface area contributed by atoms with Crippen molar-refractivity contribution in [2.75, 3.05) is 29.4 Å². The van der Waals surface area contributed by atoms with E-state index in [1.807, 2.05) is 19.9 Å². The van der Waals surface area contributed by atoms with Crippen molar-refractivity contribution >= 4 is 23.3 Å². The van der Waals surface area contributed by atoms with E-state index in [4.69, 9.17) is 0 Å². The van der Waals surface area contributed by atoms with Crippen LogP contribution in [0.4, 0.5) is 11.5 Å². The van der Waals surface area contributed by atoms with Crippen LogP contribution in [0.25, 0.3) is 0 Å². The molecule has 6 heteroatoms. The first-order valence-electron chi connectivity index (χ1n) is 7.81. The summed E-state index contributed by atoms with van der Waals surface area (Å²) in [7, 11) is 0. The second-order valence-corrected chi connectivity index (χ2v) is 6.42. The van der Waals surface area contributed by atoms with Crippen LogP contribution in [0.5, 0.6) is 0 Å². The van der Waals surface area contributed by atoms with Gasteiger partial charge in [-0.3, -0.25) is 14.5 Å². The average Bonchev–Trinajstić information content (AvgIpc) is 2.88. The smallest absolute Gasteiger partial charge is 0.269 e. The minimum absolute atomic E-state index is 0.0139. The molecule has 1 N–H and O–H groups in total. The lowest BCUT2D eigenvalue weighted by atomic mass is 10.1. The summed E-state index contributed by atoms with van der Waals surface area (Å²) in [5, 5.41) is 2.87. The van der Waals surface area contributed by atoms with E-state index in [9.17, 15) is 9.59 Å². The predicted molar refractivity (Wildman–Crippen MR) is 85.2 cm³/mol. The average molecular weight is 302 g/mol. The molecule has 0 saturated carbocycles. The molecule has 1 aromatic heterocycles. The first kappa shape index (κ1) is 14.8. The van der Waals surface area contributed by atoms with E-state index < -0.39 is 0 Å². The van der Waals surface area contributed by atoms with Gasteiger partial charge in [0.25, 0.3) is 5.91 Å². The van der Waals surface area contributed by atoms with Gasteiger partial charge in [0.05, 0.1) is 11.7 Å². The molecular weight excluding hydrogens is 280 g/mol. The summed E-state index contributed by atoms with van der Waals surface area (Å²) >= 11 is 0. The molecule has 1 atom stereocenters. The van der Waals surface area contributed by atoms with Crippen LogP contribution in [-0.2, 0) is 4.79 Å². The fourth-order valence-corrected chi connectivity index (χ4v) is 3.13. The maximum absolute atomic E-state index is 12.2. The molecule has 2 aliphatic heterocycles. The monoisotopic (exact) mass is 302 g/mol. The SMILES string of the molecule is CC(=O)N1c2nc(C(=O)NCC(C)C)ccc2N2CC[C@H]1C2. The summed E-state index contributed by atoms with van der Waals surface area (Å²) in [6.45, 7) is 8.05. The topological polar surface area (TPSA) is 65.5 Å². The molecule has 3 heterocycles. The van der Waals surface area contributed by atoms with Gasteiger partial charge in [0.1, 0.15) is 5.69 Å². The molecule has 0 aliphatic carbocycles. The Bertz CT molecular complexity index is 614. The molecule has 2 aliphatic rings. The number of amides is 2. The highest BCUT2D eigenvalue weighted by atomic mass is 16.2. The zero-order chi connectivity index (χ0) is 15.9. The fourth-order valence-electron chi connectivity index (χ4n) is 3.13. The molecule has 2 bridgehead atoms. The minimum Gasteiger partial charge on any atom is -0.366 e. The van der Waals surface area contributed by atoms with Crippen LogP contribution in [0.15, 0.2) is 12.1 Å². The molecular formula is C16H22N4O2. The van der Waals surface area contributed by atoms with Crippen LogP contribution in [0.2, 0.25) is 0 Å². The van der Waals surface area contributed by atoms with Crippen LogP contribution in [0.3, 0.4) is 0 Å². The van der Waals surface area contributed by atoms with Crippen LogP contribution < -0.4 is 15.1 Å². The lowest BCUT2D eigenvalue weighted by Crippen LogP contribution is -2.45. The summed E-state index contributed by atoms with van der Waals surface area (Å²) in [4.78, 5) is 32.7. The summed E-state index contributed by atoms with van der Waals surface area (Å²) in [6, 6.07) is 3.82. The Kier molecular flexibility index (Phi) is 3.76. The standard InChI is InChI=1S/C16H22N4O2/c1-10(2)8-17-16(22)13-4-5-14-15(18-13)20(11(3)21)12-6-7-19(14)9-12/h4-5,10,12H,6-9H2,1-3H3,(H,17,22)/t12-/m0/s1. The number of anilines is 2. The highest BCUT2D eigenvalue weighted by molar-refractivity contribution is 5.98. The van der Waals surface area contributed by atoms with Gasteiger partial charge in [-0.2, -0.15) is 0 Å². The lowest BCUT2D eigenvalue weighted by Gasteiger charge is -2.35. The Morgan fingerprint density at radius 2 is 2.18 bits per heavy atom. The van der Waals surface area contributed by atoms with Crippen molar-refractivity contribution < 1.29 is 9.59 Å². The van der Waals surface area contributed by atoms with E-state index in [1.54, 1.807) is 17.9 Å². The van der Waals surface area contributed by atoms with Crippen molar-refractivity contribution in [1.29, 1.82) is 0 Å². The molecule has 2 amide bonds. The third kappa shape index (κ3) is 2.53. The van der Waals surface area contributed by atoms with Crippen molar-refractivity contribution in [1.82, 2.24) is 10.3 Å². The summed E-state index contributed by atoms with van der Waals surface area (Å²) in [6.07, 6.45) is 0.949. The molecule has 6 nitrogen and oxygen atoms in total. The fraction of sp³-hybridized carbons (Fsp3) is 0.562. The second-order valence-electron chi connectivity index (χ2n) is 6.42. The van der Waals surface area contributed by atoms with Crippen LogP contribution in [-0.4, -0.2) is 42.5 Å². The lowest BCUT2D eigenvalue weighted by molar-refractivity contribution is -0.117. The number of nitrogens with zero attached hydrogens (tertiary/aromatic N) is 3. The van der Waals surface area contributed by atoms with Crippen molar-refractivity contribution in [3.63, 3.8) is 0 Å². The van der Waals surface area contributed by atoms with Gasteiger partial charge < -0.3 is 10.2 Å². The molecule has 0 radical (unpaired) electrons. The number of fused-ring (bicyclic) bond motifs is 4. The highest BCUT2D eigenvalue weighted by Gasteiger charge is 2.39. The molecule has 118 valence electrons. The predicted octanol–water partition coefficient (Wildman–Crippen LogP) is 1.41. The number of hydrogen-bond donors (Lipinski definition) is 1. The van der Waals surface area contributed by atoms with Gasteiger partial charge in [-0.1, -0.05) is 13.8 Å². The maximum atomic E-state index is 12.2. The van der Waals surface area contributed by atoms with Crippen molar-refractivity contribution in [3.05, 3.63) is 17.8 Å². The Balaban J connectivity index is 1.92. The van der Waals surface area contributed by atoms with Crippen LogP contribution in [0.1, 0.15) is 37.7 Å². The molecule has 0 unspecified atom stereocenters. The number of carbonyl (C=O) groups excluding carboxylic acids is 2. The Morgan fingerprint density at radius 1 is 1.41 bits per heavy atom. The van der Waals surface area contributed by atoms with E-state index in [1.165, 1.54) is 0 Å². The number of carbonyl (C=O) groups is 2. The van der Waals surface area contributed by atoms with E-state index in [0.29, 0.717) is 24.0 Å². The summed E-state index contributed by atoms with van der Waals surface area (Å²) < 4.78 is 0. The largest absolute Gasteiger partial charge is 0.366 e. The van der Waals surface area contributed by atoms with Gasteiger partial charge in [-0.05, 0) is 24.5 Å². The molecule has 0 aromatic carbocycles. The van der Waals surface area contributed by atoms with Gasteiger partial charge in [0, 0.05) is 26.6 Å². The second kappa shape index (κ2) is 5.59. The Labute approximate surface area is 130 Å². The number of aromatic nitrogens is 1. The van der Waals surface area contributed by atoms with Crippen LogP contribution >= 0.6 is 0 Å². The summed E-state index contributed by atoms with van der Waals surface area (Å²) in [5.74, 6) is 0.809. The van der Waals surface area contributed by atoms with Gasteiger partial charge in [0.2, 0.25) is 5.91 Å². The number of pyridine rings is 1. The third-order valence-electron chi connectivity index (χ3n) is 4.19. The number of hydrogen-bond acceptors (Lipinski definition) is 4. The third-order valence-corrected chi connectivity index (χ3v) is 4.19. The molecule has 1 saturated heterocycles. The van der Waals surface area contributed by atoms with Crippen molar-refractivity contribution in [2.24, 2.45) is 5.92 Å². The quantitative estimate of drug-likeness (QED) is 0.917. The molecule has 1 aromatic rings. The van der Waals surface area contributed by atoms with Crippen LogP contribution in [0, 0.1) is 5.92 Å². The van der Waals surface area contributed by atoms with E-state index >= 15 is 0 Å².